The Morgan fingerprint density at radius 2 is 1.68 bits per heavy atom. The summed E-state index contributed by atoms with van der Waals surface area (Å²) in [6.45, 7) is 2.55. The number of carboxylic acid groups (broad SMARTS) is 1. The zero-order valence-electron chi connectivity index (χ0n) is 17.0. The molecule has 172 valence electrons. The van der Waals surface area contributed by atoms with E-state index in [2.05, 4.69) is 25.9 Å². The second-order valence-corrected chi connectivity index (χ2v) is 6.91. The summed E-state index contributed by atoms with van der Waals surface area (Å²) in [5, 5.41) is 25.4. The topological polar surface area (TPSA) is 243 Å². The van der Waals surface area contributed by atoms with Crippen molar-refractivity contribution < 1.29 is 34.2 Å². The summed E-state index contributed by atoms with van der Waals surface area (Å²) in [7, 11) is 0. The molecule has 0 aromatic carbocycles. The van der Waals surface area contributed by atoms with Gasteiger partial charge >= 0.3 is 5.97 Å². The average Bonchev–Trinajstić information content (AvgIpc) is 3.18. The normalized spacial score (nSPS) is 15.6. The smallest absolute Gasteiger partial charge is 0.326 e. The van der Waals surface area contributed by atoms with Gasteiger partial charge in [-0.15, -0.1) is 0 Å². The minimum absolute atomic E-state index is 0.0701. The van der Waals surface area contributed by atoms with E-state index in [0.29, 0.717) is 5.69 Å². The Morgan fingerprint density at radius 3 is 2.16 bits per heavy atom. The lowest BCUT2D eigenvalue weighted by molar-refractivity contribution is -0.142. The summed E-state index contributed by atoms with van der Waals surface area (Å²) >= 11 is 0. The Bertz CT molecular complexity index is 797. The van der Waals surface area contributed by atoms with Crippen LogP contribution in [0.2, 0.25) is 0 Å². The van der Waals surface area contributed by atoms with Crippen LogP contribution in [0.1, 0.15) is 26.0 Å². The van der Waals surface area contributed by atoms with Crippen molar-refractivity contribution in [1.29, 1.82) is 0 Å². The van der Waals surface area contributed by atoms with Gasteiger partial charge in [-0.2, -0.15) is 0 Å². The van der Waals surface area contributed by atoms with Gasteiger partial charge in [-0.1, -0.05) is 0 Å². The summed E-state index contributed by atoms with van der Waals surface area (Å²) in [6.07, 6.45) is 0.887. The van der Waals surface area contributed by atoms with Crippen molar-refractivity contribution in [2.45, 2.75) is 57.0 Å². The molecule has 4 amide bonds. The van der Waals surface area contributed by atoms with E-state index < -0.39 is 66.3 Å². The maximum atomic E-state index is 12.5. The quantitative estimate of drug-likeness (QED) is 0.158. The summed E-state index contributed by atoms with van der Waals surface area (Å²) in [6, 6.07) is -5.32. The molecule has 1 aromatic rings. The van der Waals surface area contributed by atoms with Gasteiger partial charge in [0, 0.05) is 18.3 Å². The minimum Gasteiger partial charge on any atom is -0.480 e. The molecule has 0 aliphatic rings. The molecule has 14 nitrogen and oxygen atoms in total. The number of aromatic nitrogens is 2. The first-order valence-electron chi connectivity index (χ1n) is 9.25. The number of rotatable bonds is 12. The number of primary amides is 1. The van der Waals surface area contributed by atoms with E-state index in [1.54, 1.807) is 0 Å². The molecule has 10 N–H and O–H groups in total. The molecule has 0 spiro atoms. The Labute approximate surface area is 177 Å². The first-order valence-corrected chi connectivity index (χ1v) is 9.25. The van der Waals surface area contributed by atoms with Crippen LogP contribution in [-0.2, 0) is 30.4 Å². The van der Waals surface area contributed by atoms with Crippen LogP contribution in [-0.4, -0.2) is 80.1 Å². The number of hydrogen-bond acceptors (Lipinski definition) is 8. The Morgan fingerprint density at radius 1 is 1.06 bits per heavy atom. The number of nitrogens with one attached hydrogen (secondary N) is 4. The molecule has 14 heteroatoms. The lowest BCUT2D eigenvalue weighted by Gasteiger charge is -2.23. The predicted molar refractivity (Wildman–Crippen MR) is 105 cm³/mol. The van der Waals surface area contributed by atoms with Gasteiger partial charge in [0.15, 0.2) is 0 Å². The number of carbonyl (C=O) groups excluding carboxylic acids is 4. The Kier molecular flexibility index (Phi) is 9.56. The van der Waals surface area contributed by atoms with Crippen molar-refractivity contribution in [3.05, 3.63) is 18.2 Å². The van der Waals surface area contributed by atoms with Crippen molar-refractivity contribution in [3.63, 3.8) is 0 Å². The van der Waals surface area contributed by atoms with Crippen molar-refractivity contribution in [2.24, 2.45) is 11.5 Å². The maximum Gasteiger partial charge on any atom is 0.326 e. The van der Waals surface area contributed by atoms with Crippen molar-refractivity contribution in [2.75, 3.05) is 0 Å². The van der Waals surface area contributed by atoms with Crippen LogP contribution in [0.15, 0.2) is 12.5 Å². The molecule has 0 saturated heterocycles. The minimum atomic E-state index is -1.45. The zero-order chi connectivity index (χ0) is 23.7. The second-order valence-electron chi connectivity index (χ2n) is 6.91. The summed E-state index contributed by atoms with van der Waals surface area (Å²) < 4.78 is 0. The van der Waals surface area contributed by atoms with Crippen LogP contribution in [0.5, 0.6) is 0 Å². The molecule has 0 bridgehead atoms. The number of aliphatic hydroxyl groups excluding tert-OH is 1. The van der Waals surface area contributed by atoms with E-state index in [0.717, 1.165) is 0 Å². The fraction of sp³-hybridized carbons (Fsp3) is 0.529. The van der Waals surface area contributed by atoms with Crippen LogP contribution in [0.3, 0.4) is 0 Å². The van der Waals surface area contributed by atoms with Gasteiger partial charge < -0.3 is 42.6 Å². The van der Waals surface area contributed by atoms with Crippen molar-refractivity contribution in [1.82, 2.24) is 25.9 Å². The highest BCUT2D eigenvalue weighted by atomic mass is 16.4. The third kappa shape index (κ3) is 8.39. The summed E-state index contributed by atoms with van der Waals surface area (Å²) in [4.78, 5) is 65.9. The maximum absolute atomic E-state index is 12.5. The van der Waals surface area contributed by atoms with Crippen LogP contribution in [0.25, 0.3) is 0 Å². The molecular weight excluding hydrogens is 414 g/mol. The number of imidazole rings is 1. The fourth-order valence-corrected chi connectivity index (χ4v) is 2.39. The molecule has 0 aliphatic heterocycles. The van der Waals surface area contributed by atoms with Crippen molar-refractivity contribution in [3.8, 4) is 0 Å². The Balaban J connectivity index is 2.77. The zero-order valence-corrected chi connectivity index (χ0v) is 17.0. The number of H-pyrrole nitrogens is 1. The number of aromatic amines is 1. The number of nitrogens with two attached hydrogens (primary N) is 2. The van der Waals surface area contributed by atoms with E-state index in [1.807, 2.05) is 0 Å². The van der Waals surface area contributed by atoms with Gasteiger partial charge in [-0.3, -0.25) is 19.2 Å². The third-order valence-corrected chi connectivity index (χ3v) is 4.21. The molecule has 5 unspecified atom stereocenters. The summed E-state index contributed by atoms with van der Waals surface area (Å²) in [5.41, 5.74) is 11.1. The molecule has 31 heavy (non-hydrogen) atoms. The van der Waals surface area contributed by atoms with E-state index in [4.69, 9.17) is 11.5 Å². The number of nitrogens with zero attached hydrogens (tertiary/aromatic N) is 1. The molecule has 0 saturated carbocycles. The molecular formula is C17H27N7O7. The van der Waals surface area contributed by atoms with Crippen LogP contribution in [0.4, 0.5) is 0 Å². The van der Waals surface area contributed by atoms with E-state index in [9.17, 15) is 34.2 Å². The van der Waals surface area contributed by atoms with Crippen LogP contribution >= 0.6 is 0 Å². The van der Waals surface area contributed by atoms with E-state index in [-0.39, 0.29) is 6.42 Å². The van der Waals surface area contributed by atoms with E-state index >= 15 is 0 Å². The standard InChI is InChI=1S/C17H27N7O7/c1-7(14(27)24-11(17(30)31)3-9-5-20-6-21-9)22-15(28)10(4-12(18)26)23-16(29)13(19)8(2)25/h5-8,10-11,13,25H,3-4,19H2,1-2H3,(H2,18,26)(H,20,21)(H,22,28)(H,23,29)(H,24,27)(H,30,31). The first kappa shape index (κ1) is 25.5. The average molecular weight is 441 g/mol. The fourth-order valence-electron chi connectivity index (χ4n) is 2.39. The predicted octanol–water partition coefficient (Wildman–Crippen LogP) is -3.91. The van der Waals surface area contributed by atoms with Gasteiger partial charge in [0.05, 0.1) is 18.9 Å². The molecule has 1 aromatic heterocycles. The number of hydrogen-bond donors (Lipinski definition) is 8. The number of carbonyl (C=O) groups is 5. The van der Waals surface area contributed by atoms with Gasteiger partial charge in [0.2, 0.25) is 23.6 Å². The third-order valence-electron chi connectivity index (χ3n) is 4.21. The molecule has 1 heterocycles. The second kappa shape index (κ2) is 11.6. The van der Waals surface area contributed by atoms with Gasteiger partial charge in [-0.25, -0.2) is 9.78 Å². The molecule has 0 radical (unpaired) electrons. The molecule has 0 aliphatic carbocycles. The highest BCUT2D eigenvalue weighted by Gasteiger charge is 2.30. The number of aliphatic carboxylic acids is 1. The van der Waals surface area contributed by atoms with E-state index in [1.165, 1.54) is 26.4 Å². The highest BCUT2D eigenvalue weighted by Crippen LogP contribution is 2.01. The molecule has 5 atom stereocenters. The van der Waals surface area contributed by atoms with Crippen molar-refractivity contribution >= 4 is 29.6 Å². The lowest BCUT2D eigenvalue weighted by Crippen LogP contribution is -2.58. The highest BCUT2D eigenvalue weighted by molar-refractivity contribution is 5.96. The summed E-state index contributed by atoms with van der Waals surface area (Å²) in [5.74, 6) is -4.85. The lowest BCUT2D eigenvalue weighted by atomic mass is 10.1. The first-order chi connectivity index (χ1) is 14.4. The van der Waals surface area contributed by atoms with Crippen LogP contribution in [0, 0.1) is 0 Å². The number of aliphatic hydroxyl groups is 1. The SMILES string of the molecule is CC(NC(=O)C(CC(N)=O)NC(=O)C(N)C(C)O)C(=O)NC(Cc1cnc[nH]1)C(=O)O. The molecule has 1 rings (SSSR count). The monoisotopic (exact) mass is 441 g/mol. The Hall–Kier alpha value is -3.52. The van der Waals surface area contributed by atoms with Gasteiger partial charge in [-0.05, 0) is 13.8 Å². The largest absolute Gasteiger partial charge is 0.480 e. The van der Waals surface area contributed by atoms with Crippen LogP contribution < -0.4 is 27.4 Å². The van der Waals surface area contributed by atoms with Gasteiger partial charge in [0.1, 0.15) is 24.2 Å². The molecule has 0 fully saturated rings. The van der Waals surface area contributed by atoms with Gasteiger partial charge in [0.25, 0.3) is 0 Å². The number of amides is 4. The number of carboxylic acids is 1.